The van der Waals surface area contributed by atoms with Gasteiger partial charge in [0.25, 0.3) is 0 Å². The quantitative estimate of drug-likeness (QED) is 0.331. The predicted octanol–water partition coefficient (Wildman–Crippen LogP) is 3.73. The monoisotopic (exact) mass is 343 g/mol. The number of carbonyl (C=O) groups excluding carboxylic acids is 2. The molecule has 142 valence electrons. The van der Waals surface area contributed by atoms with Gasteiger partial charge in [-0.2, -0.15) is 0 Å². The number of aliphatic hydroxyl groups is 1. The van der Waals surface area contributed by atoms with Gasteiger partial charge < -0.3 is 15.2 Å². The fourth-order valence-electron chi connectivity index (χ4n) is 2.71. The molecule has 1 atom stereocenters. The van der Waals surface area contributed by atoms with Crippen molar-refractivity contribution in [3.8, 4) is 0 Å². The highest BCUT2D eigenvalue weighted by molar-refractivity contribution is 5.84. The molecule has 0 aliphatic rings. The smallest absolute Gasteiger partial charge is 0.330 e. The second-order valence-electron chi connectivity index (χ2n) is 6.46. The summed E-state index contributed by atoms with van der Waals surface area (Å²) in [6.45, 7) is 1.81. The van der Waals surface area contributed by atoms with Crippen molar-refractivity contribution in [1.29, 1.82) is 0 Å². The van der Waals surface area contributed by atoms with Gasteiger partial charge in [-0.15, -0.1) is 0 Å². The van der Waals surface area contributed by atoms with E-state index in [2.05, 4.69) is 17.0 Å². The lowest BCUT2D eigenvalue weighted by atomic mass is 10.0. The van der Waals surface area contributed by atoms with Crippen LogP contribution >= 0.6 is 0 Å². The Bertz CT molecular complexity index is 320. The van der Waals surface area contributed by atoms with Gasteiger partial charge in [-0.1, -0.05) is 77.6 Å². The van der Waals surface area contributed by atoms with E-state index in [-0.39, 0.29) is 5.91 Å². The molecule has 1 unspecified atom stereocenters. The number of hydrogen-bond donors (Lipinski definition) is 2. The summed E-state index contributed by atoms with van der Waals surface area (Å²) in [5, 5.41) is 11.5. The highest BCUT2D eigenvalue weighted by Gasteiger charge is 2.19. The molecule has 0 bridgehead atoms. The van der Waals surface area contributed by atoms with Crippen LogP contribution in [0.25, 0.3) is 0 Å². The van der Waals surface area contributed by atoms with Gasteiger partial charge >= 0.3 is 5.97 Å². The van der Waals surface area contributed by atoms with Gasteiger partial charge in [-0.25, -0.2) is 4.79 Å². The molecule has 2 N–H and O–H groups in total. The Morgan fingerprint density at radius 2 is 1.33 bits per heavy atom. The number of hydrogen-bond acceptors (Lipinski definition) is 4. The number of carbonyl (C=O) groups is 2. The maximum Gasteiger partial charge on any atom is 0.330 e. The molecule has 0 saturated carbocycles. The van der Waals surface area contributed by atoms with E-state index >= 15 is 0 Å². The third-order valence-electron chi connectivity index (χ3n) is 4.26. The zero-order valence-corrected chi connectivity index (χ0v) is 15.6. The summed E-state index contributed by atoms with van der Waals surface area (Å²) in [4.78, 5) is 22.9. The minimum atomic E-state index is -0.945. The van der Waals surface area contributed by atoms with Gasteiger partial charge in [-0.05, 0) is 6.42 Å². The summed E-state index contributed by atoms with van der Waals surface area (Å²) in [7, 11) is 1.24. The van der Waals surface area contributed by atoms with Crippen molar-refractivity contribution in [2.75, 3.05) is 13.7 Å². The van der Waals surface area contributed by atoms with Crippen molar-refractivity contribution < 1.29 is 19.4 Å². The largest absolute Gasteiger partial charge is 0.467 e. The molecule has 0 aromatic heterocycles. The molecule has 0 radical (unpaired) electrons. The van der Waals surface area contributed by atoms with Crippen LogP contribution in [0.4, 0.5) is 0 Å². The summed E-state index contributed by atoms with van der Waals surface area (Å²) < 4.78 is 4.51. The summed E-state index contributed by atoms with van der Waals surface area (Å²) in [5.41, 5.74) is 0. The zero-order valence-electron chi connectivity index (χ0n) is 15.6. The molecule has 5 nitrogen and oxygen atoms in total. The van der Waals surface area contributed by atoms with E-state index in [1.807, 2.05) is 0 Å². The van der Waals surface area contributed by atoms with Crippen LogP contribution in [0.3, 0.4) is 0 Å². The average molecular weight is 344 g/mol. The zero-order chi connectivity index (χ0) is 18.0. The number of ether oxygens (including phenoxy) is 1. The molecular formula is C19H37NO4. The molecule has 0 aliphatic carbocycles. The van der Waals surface area contributed by atoms with E-state index in [4.69, 9.17) is 5.11 Å². The van der Waals surface area contributed by atoms with Crippen LogP contribution in [-0.4, -0.2) is 36.7 Å². The van der Waals surface area contributed by atoms with Crippen molar-refractivity contribution >= 4 is 11.9 Å². The molecule has 5 heteroatoms. The first-order valence-electron chi connectivity index (χ1n) is 9.63. The van der Waals surface area contributed by atoms with Crippen molar-refractivity contribution in [3.63, 3.8) is 0 Å². The maximum atomic E-state index is 11.7. The van der Waals surface area contributed by atoms with Crippen molar-refractivity contribution in [1.82, 2.24) is 5.32 Å². The number of nitrogens with one attached hydrogen (secondary N) is 1. The SMILES string of the molecule is CCCCCCCCCCCCCCC(=O)NC(CO)C(=O)OC. The van der Waals surface area contributed by atoms with E-state index in [0.29, 0.717) is 6.42 Å². The fraction of sp³-hybridized carbons (Fsp3) is 0.895. The lowest BCUT2D eigenvalue weighted by molar-refractivity contribution is -0.146. The molecule has 0 aliphatic heterocycles. The second kappa shape index (κ2) is 16.7. The minimum Gasteiger partial charge on any atom is -0.467 e. The number of unbranched alkanes of at least 4 members (excludes halogenated alkanes) is 11. The van der Waals surface area contributed by atoms with Crippen molar-refractivity contribution in [3.05, 3.63) is 0 Å². The van der Waals surface area contributed by atoms with Crippen LogP contribution < -0.4 is 5.32 Å². The number of aliphatic hydroxyl groups excluding tert-OH is 1. The summed E-state index contributed by atoms with van der Waals surface area (Å²) >= 11 is 0. The number of esters is 1. The lowest BCUT2D eigenvalue weighted by Gasteiger charge is -2.13. The van der Waals surface area contributed by atoms with Gasteiger partial charge in [0.15, 0.2) is 6.04 Å². The topological polar surface area (TPSA) is 75.6 Å². The Morgan fingerprint density at radius 3 is 1.75 bits per heavy atom. The Morgan fingerprint density at radius 1 is 0.875 bits per heavy atom. The first kappa shape index (κ1) is 22.9. The third kappa shape index (κ3) is 13.3. The molecule has 0 aromatic rings. The fourth-order valence-corrected chi connectivity index (χ4v) is 2.71. The first-order chi connectivity index (χ1) is 11.7. The van der Waals surface area contributed by atoms with Gasteiger partial charge in [0.1, 0.15) is 0 Å². The number of amides is 1. The Labute approximate surface area is 147 Å². The highest BCUT2D eigenvalue weighted by Crippen LogP contribution is 2.12. The van der Waals surface area contributed by atoms with Crippen molar-refractivity contribution in [2.24, 2.45) is 0 Å². The number of methoxy groups -OCH3 is 1. The van der Waals surface area contributed by atoms with E-state index in [1.165, 1.54) is 64.9 Å². The van der Waals surface area contributed by atoms with E-state index in [1.54, 1.807) is 0 Å². The Hall–Kier alpha value is -1.10. The van der Waals surface area contributed by atoms with Crippen molar-refractivity contribution in [2.45, 2.75) is 96.4 Å². The highest BCUT2D eigenvalue weighted by atomic mass is 16.5. The molecule has 0 spiro atoms. The van der Waals surface area contributed by atoms with Crippen LogP contribution in [0.15, 0.2) is 0 Å². The normalized spacial score (nSPS) is 12.0. The van der Waals surface area contributed by atoms with E-state index < -0.39 is 18.6 Å². The minimum absolute atomic E-state index is 0.202. The third-order valence-corrected chi connectivity index (χ3v) is 4.26. The molecule has 24 heavy (non-hydrogen) atoms. The van der Waals surface area contributed by atoms with Gasteiger partial charge in [-0.3, -0.25) is 4.79 Å². The van der Waals surface area contributed by atoms with Gasteiger partial charge in [0, 0.05) is 6.42 Å². The standard InChI is InChI=1S/C19H37NO4/c1-3-4-5-6-7-8-9-10-11-12-13-14-15-18(22)20-17(16-21)19(23)24-2/h17,21H,3-16H2,1-2H3,(H,20,22). The van der Waals surface area contributed by atoms with E-state index in [9.17, 15) is 9.59 Å². The van der Waals surface area contributed by atoms with Crippen LogP contribution in [0, 0.1) is 0 Å². The van der Waals surface area contributed by atoms with E-state index in [0.717, 1.165) is 19.3 Å². The molecular weight excluding hydrogens is 306 g/mol. The number of rotatable bonds is 16. The summed E-state index contributed by atoms with van der Waals surface area (Å²) in [6.07, 6.45) is 15.4. The Kier molecular flexibility index (Phi) is 16.0. The predicted molar refractivity (Wildman–Crippen MR) is 96.7 cm³/mol. The first-order valence-corrected chi connectivity index (χ1v) is 9.63. The molecule has 0 fully saturated rings. The molecule has 0 rings (SSSR count). The Balaban J connectivity index is 3.40. The molecule has 1 amide bonds. The second-order valence-corrected chi connectivity index (χ2v) is 6.46. The summed E-state index contributed by atoms with van der Waals surface area (Å²) in [5.74, 6) is -0.813. The molecule has 0 saturated heterocycles. The van der Waals surface area contributed by atoms with Crippen LogP contribution in [0.5, 0.6) is 0 Å². The maximum absolute atomic E-state index is 11.7. The molecule has 0 heterocycles. The molecule has 0 aromatic carbocycles. The lowest BCUT2D eigenvalue weighted by Crippen LogP contribution is -2.43. The average Bonchev–Trinajstić information content (AvgIpc) is 2.59. The van der Waals surface area contributed by atoms with Crippen LogP contribution in [0.2, 0.25) is 0 Å². The van der Waals surface area contributed by atoms with Crippen LogP contribution in [0.1, 0.15) is 90.4 Å². The van der Waals surface area contributed by atoms with Crippen LogP contribution in [-0.2, 0) is 14.3 Å². The van der Waals surface area contributed by atoms with Gasteiger partial charge in [0.05, 0.1) is 13.7 Å². The van der Waals surface area contributed by atoms with Gasteiger partial charge in [0.2, 0.25) is 5.91 Å². The summed E-state index contributed by atoms with van der Waals surface area (Å²) in [6, 6.07) is -0.945.